The summed E-state index contributed by atoms with van der Waals surface area (Å²) in [5, 5.41) is 2.94. The van der Waals surface area contributed by atoms with Crippen LogP contribution in [0, 0.1) is 5.92 Å². The number of carbonyl (C=O) groups excluding carboxylic acids is 3. The summed E-state index contributed by atoms with van der Waals surface area (Å²) in [7, 11) is 0. The molecule has 3 amide bonds. The summed E-state index contributed by atoms with van der Waals surface area (Å²) < 4.78 is 10.8. The molecule has 3 fully saturated rings. The molecule has 216 valence electrons. The van der Waals surface area contributed by atoms with Crippen molar-refractivity contribution in [3.05, 3.63) is 90.0 Å². The first-order chi connectivity index (χ1) is 20.5. The minimum Gasteiger partial charge on any atom is -0.454 e. The first-order valence-corrected chi connectivity index (χ1v) is 14.6. The van der Waals surface area contributed by atoms with Crippen LogP contribution in [0.5, 0.6) is 11.5 Å². The average Bonchev–Trinajstić information content (AvgIpc) is 3.63. The smallest absolute Gasteiger partial charge is 0.250 e. The summed E-state index contributed by atoms with van der Waals surface area (Å²) in [5.74, 6) is 1.59. The van der Waals surface area contributed by atoms with Crippen molar-refractivity contribution in [2.45, 2.75) is 37.3 Å². The SMILES string of the molecule is O=C(CN1CN(c2ccccc2)C2(CCN(C(=O)C3CC3c3ccccc3)CC2)C1=O)NCc1ccc2c(c1)OCO2. The van der Waals surface area contributed by atoms with Crippen molar-refractivity contribution in [2.75, 3.05) is 38.0 Å². The molecule has 4 aliphatic rings. The zero-order valence-corrected chi connectivity index (χ0v) is 23.4. The van der Waals surface area contributed by atoms with Crippen LogP contribution < -0.4 is 19.7 Å². The Morgan fingerprint density at radius 2 is 1.62 bits per heavy atom. The number of nitrogens with one attached hydrogen (secondary N) is 1. The second-order valence-electron chi connectivity index (χ2n) is 11.6. The molecular formula is C33H34N4O5. The van der Waals surface area contributed by atoms with Gasteiger partial charge in [0.25, 0.3) is 5.91 Å². The van der Waals surface area contributed by atoms with Gasteiger partial charge < -0.3 is 29.5 Å². The molecule has 0 aromatic heterocycles. The molecule has 1 aliphatic carbocycles. The number of hydrogen-bond acceptors (Lipinski definition) is 6. The summed E-state index contributed by atoms with van der Waals surface area (Å²) in [6.45, 7) is 1.87. The average molecular weight is 567 g/mol. The van der Waals surface area contributed by atoms with Gasteiger partial charge in [0.2, 0.25) is 18.6 Å². The highest BCUT2D eigenvalue weighted by atomic mass is 16.7. The second kappa shape index (κ2) is 10.7. The Hall–Kier alpha value is -4.53. The Morgan fingerprint density at radius 1 is 0.905 bits per heavy atom. The minimum atomic E-state index is -0.780. The Balaban J connectivity index is 1.01. The standard InChI is InChI=1S/C33H34N4O5/c38-30(34-19-23-11-12-28-29(17-23)42-22-41-28)20-36-21-37(25-9-5-2-6-10-25)33(32(36)40)13-15-35(16-14-33)31(39)27-18-26(27)24-7-3-1-4-8-24/h1-12,17,26-27H,13-16,18-22H2,(H,34,38). The van der Waals surface area contributed by atoms with Crippen LogP contribution in [-0.2, 0) is 20.9 Å². The van der Waals surface area contributed by atoms with Crippen molar-refractivity contribution < 1.29 is 23.9 Å². The van der Waals surface area contributed by atoms with E-state index in [-0.39, 0.29) is 42.9 Å². The number of anilines is 1. The van der Waals surface area contributed by atoms with Crippen LogP contribution in [0.4, 0.5) is 5.69 Å². The van der Waals surface area contributed by atoms with Gasteiger partial charge in [-0.15, -0.1) is 0 Å². The van der Waals surface area contributed by atoms with Gasteiger partial charge in [0.15, 0.2) is 11.5 Å². The van der Waals surface area contributed by atoms with Crippen LogP contribution in [0.3, 0.4) is 0 Å². The number of carbonyl (C=O) groups is 3. The van der Waals surface area contributed by atoms with Gasteiger partial charge in [0, 0.05) is 31.2 Å². The van der Waals surface area contributed by atoms with Gasteiger partial charge >= 0.3 is 0 Å². The van der Waals surface area contributed by atoms with E-state index in [2.05, 4.69) is 22.3 Å². The molecule has 3 aromatic carbocycles. The third-order valence-corrected chi connectivity index (χ3v) is 9.08. The van der Waals surface area contributed by atoms with Gasteiger partial charge in [0.1, 0.15) is 12.1 Å². The zero-order valence-electron chi connectivity index (χ0n) is 23.4. The molecule has 9 heteroatoms. The molecule has 2 unspecified atom stereocenters. The fourth-order valence-corrected chi connectivity index (χ4v) is 6.67. The number of nitrogens with zero attached hydrogens (tertiary/aromatic N) is 3. The number of para-hydroxylation sites is 1. The first-order valence-electron chi connectivity index (χ1n) is 14.6. The molecule has 9 nitrogen and oxygen atoms in total. The lowest BCUT2D eigenvalue weighted by Crippen LogP contribution is -2.57. The molecule has 0 radical (unpaired) electrons. The van der Waals surface area contributed by atoms with E-state index >= 15 is 0 Å². The van der Waals surface area contributed by atoms with Crippen LogP contribution in [0.2, 0.25) is 0 Å². The van der Waals surface area contributed by atoms with E-state index in [1.54, 1.807) is 4.90 Å². The highest BCUT2D eigenvalue weighted by molar-refractivity contribution is 5.96. The van der Waals surface area contributed by atoms with Gasteiger partial charge in [-0.25, -0.2) is 0 Å². The van der Waals surface area contributed by atoms with Crippen molar-refractivity contribution in [3.63, 3.8) is 0 Å². The third-order valence-electron chi connectivity index (χ3n) is 9.08. The van der Waals surface area contributed by atoms with E-state index < -0.39 is 5.54 Å². The van der Waals surface area contributed by atoms with Crippen LogP contribution in [0.1, 0.15) is 36.3 Å². The Labute approximate surface area is 245 Å². The molecule has 0 bridgehead atoms. The van der Waals surface area contributed by atoms with E-state index in [0.29, 0.717) is 50.6 Å². The van der Waals surface area contributed by atoms with E-state index in [1.165, 1.54) is 5.56 Å². The number of piperidine rings is 1. The lowest BCUT2D eigenvalue weighted by molar-refractivity contribution is -0.140. The first kappa shape index (κ1) is 26.4. The Bertz CT molecular complexity index is 1490. The van der Waals surface area contributed by atoms with Gasteiger partial charge in [-0.1, -0.05) is 54.6 Å². The summed E-state index contributed by atoms with van der Waals surface area (Å²) in [4.78, 5) is 46.1. The predicted molar refractivity (Wildman–Crippen MR) is 156 cm³/mol. The molecule has 7 rings (SSSR count). The number of fused-ring (bicyclic) bond motifs is 1. The van der Waals surface area contributed by atoms with E-state index in [0.717, 1.165) is 17.7 Å². The van der Waals surface area contributed by atoms with Gasteiger partial charge in [-0.2, -0.15) is 0 Å². The zero-order chi connectivity index (χ0) is 28.7. The lowest BCUT2D eigenvalue weighted by Gasteiger charge is -2.43. The molecule has 42 heavy (non-hydrogen) atoms. The maximum atomic E-state index is 14.0. The van der Waals surface area contributed by atoms with E-state index in [1.807, 2.05) is 71.6 Å². The molecular weight excluding hydrogens is 532 g/mol. The van der Waals surface area contributed by atoms with Gasteiger partial charge in [-0.05, 0) is 60.6 Å². The van der Waals surface area contributed by atoms with Gasteiger partial charge in [-0.3, -0.25) is 14.4 Å². The molecule has 3 heterocycles. The fourth-order valence-electron chi connectivity index (χ4n) is 6.67. The maximum Gasteiger partial charge on any atom is 0.250 e. The fraction of sp³-hybridized carbons (Fsp3) is 0.364. The molecule has 1 spiro atoms. The summed E-state index contributed by atoms with van der Waals surface area (Å²) in [6.07, 6.45) is 1.95. The van der Waals surface area contributed by atoms with Crippen LogP contribution in [0.25, 0.3) is 0 Å². The Morgan fingerprint density at radius 3 is 2.38 bits per heavy atom. The highest BCUT2D eigenvalue weighted by Gasteiger charge is 2.55. The molecule has 1 N–H and O–H groups in total. The van der Waals surface area contributed by atoms with Crippen LogP contribution >= 0.6 is 0 Å². The second-order valence-corrected chi connectivity index (χ2v) is 11.6. The van der Waals surface area contributed by atoms with E-state index in [4.69, 9.17) is 9.47 Å². The third kappa shape index (κ3) is 4.82. The van der Waals surface area contributed by atoms with Crippen molar-refractivity contribution in [2.24, 2.45) is 5.92 Å². The monoisotopic (exact) mass is 566 g/mol. The maximum absolute atomic E-state index is 14.0. The van der Waals surface area contributed by atoms with Crippen molar-refractivity contribution in [3.8, 4) is 11.5 Å². The van der Waals surface area contributed by atoms with Crippen molar-refractivity contribution in [1.29, 1.82) is 0 Å². The van der Waals surface area contributed by atoms with Crippen molar-refractivity contribution >= 4 is 23.4 Å². The molecule has 3 aromatic rings. The normalized spacial score (nSPS) is 22.0. The topological polar surface area (TPSA) is 91.4 Å². The number of amides is 3. The summed E-state index contributed by atoms with van der Waals surface area (Å²) >= 11 is 0. The summed E-state index contributed by atoms with van der Waals surface area (Å²) in [5.41, 5.74) is 2.28. The largest absolute Gasteiger partial charge is 0.454 e. The number of likely N-dealkylation sites (tertiary alicyclic amines) is 1. The number of hydrogen-bond donors (Lipinski definition) is 1. The number of benzene rings is 3. The lowest BCUT2D eigenvalue weighted by atomic mass is 9.85. The molecule has 2 saturated heterocycles. The summed E-state index contributed by atoms with van der Waals surface area (Å²) in [6, 6.07) is 25.7. The minimum absolute atomic E-state index is 0.0240. The molecule has 1 saturated carbocycles. The molecule has 3 aliphatic heterocycles. The molecule has 2 atom stereocenters. The Kier molecular flexibility index (Phi) is 6.72. The van der Waals surface area contributed by atoms with Crippen LogP contribution in [-0.4, -0.2) is 66.2 Å². The highest BCUT2D eigenvalue weighted by Crippen LogP contribution is 2.49. The van der Waals surface area contributed by atoms with Gasteiger partial charge in [0.05, 0.1) is 6.67 Å². The quantitative estimate of drug-likeness (QED) is 0.471. The number of ether oxygens (including phenoxy) is 2. The number of rotatable bonds is 7. The van der Waals surface area contributed by atoms with Crippen molar-refractivity contribution in [1.82, 2.24) is 15.1 Å². The predicted octanol–water partition coefficient (Wildman–Crippen LogP) is 3.50. The van der Waals surface area contributed by atoms with Crippen LogP contribution in [0.15, 0.2) is 78.9 Å². The van der Waals surface area contributed by atoms with E-state index in [9.17, 15) is 14.4 Å².